The summed E-state index contributed by atoms with van der Waals surface area (Å²) in [5, 5.41) is 0. The molecular formula is C8H5N3O2. The molecule has 0 atom stereocenters. The van der Waals surface area contributed by atoms with Crippen molar-refractivity contribution in [1.29, 1.82) is 0 Å². The van der Waals surface area contributed by atoms with Gasteiger partial charge in [-0.25, -0.2) is 9.97 Å². The van der Waals surface area contributed by atoms with Crippen LogP contribution in [0.2, 0.25) is 0 Å². The van der Waals surface area contributed by atoms with E-state index >= 15 is 0 Å². The summed E-state index contributed by atoms with van der Waals surface area (Å²) in [7, 11) is 0. The van der Waals surface area contributed by atoms with Crippen molar-refractivity contribution in [2.75, 3.05) is 0 Å². The molecule has 2 aromatic rings. The van der Waals surface area contributed by atoms with Crippen LogP contribution in [-0.2, 0) is 0 Å². The largest absolute Gasteiger partial charge is 0.311 e. The van der Waals surface area contributed by atoms with Gasteiger partial charge in [-0.3, -0.25) is 9.59 Å². The molecule has 0 saturated heterocycles. The average molecular weight is 175 g/mol. The van der Waals surface area contributed by atoms with E-state index in [4.69, 9.17) is 0 Å². The van der Waals surface area contributed by atoms with Crippen LogP contribution in [0.4, 0.5) is 0 Å². The molecule has 2 rings (SSSR count). The minimum absolute atomic E-state index is 0.187. The van der Waals surface area contributed by atoms with Gasteiger partial charge in [0.05, 0.1) is 11.8 Å². The fourth-order valence-corrected chi connectivity index (χ4v) is 1.03. The summed E-state index contributed by atoms with van der Waals surface area (Å²) < 4.78 is 0. The molecule has 2 aromatic heterocycles. The smallest absolute Gasteiger partial charge is 0.277 e. The van der Waals surface area contributed by atoms with Crippen molar-refractivity contribution < 1.29 is 4.79 Å². The number of aromatic nitrogens is 3. The first-order valence-electron chi connectivity index (χ1n) is 3.61. The Labute approximate surface area is 72.5 Å². The Morgan fingerprint density at radius 2 is 2.23 bits per heavy atom. The molecule has 0 fully saturated rings. The zero-order valence-electron chi connectivity index (χ0n) is 6.52. The number of carbonyl (C=O) groups excluding carboxylic acids is 1. The molecule has 0 aliphatic rings. The Balaban J connectivity index is 2.90. The third kappa shape index (κ3) is 1.20. The fraction of sp³-hybridized carbons (Fsp3) is 0. The molecule has 0 saturated carbocycles. The lowest BCUT2D eigenvalue weighted by atomic mass is 10.3. The average Bonchev–Trinajstić information content (AvgIpc) is 2.18. The molecule has 0 radical (unpaired) electrons. The van der Waals surface area contributed by atoms with E-state index in [-0.39, 0.29) is 16.8 Å². The van der Waals surface area contributed by atoms with Gasteiger partial charge >= 0.3 is 0 Å². The Kier molecular flexibility index (Phi) is 1.63. The summed E-state index contributed by atoms with van der Waals surface area (Å²) in [6, 6.07) is 3.10. The number of aromatic amines is 1. The highest BCUT2D eigenvalue weighted by Gasteiger charge is 2.01. The Hall–Kier alpha value is -2.04. The van der Waals surface area contributed by atoms with Gasteiger partial charge in [-0.1, -0.05) is 0 Å². The third-order valence-corrected chi connectivity index (χ3v) is 1.63. The van der Waals surface area contributed by atoms with Crippen molar-refractivity contribution >= 4 is 17.3 Å². The van der Waals surface area contributed by atoms with E-state index < -0.39 is 0 Å². The van der Waals surface area contributed by atoms with Gasteiger partial charge in [0, 0.05) is 0 Å². The predicted molar refractivity (Wildman–Crippen MR) is 45.5 cm³/mol. The van der Waals surface area contributed by atoms with Crippen LogP contribution in [0, 0.1) is 0 Å². The zero-order valence-corrected chi connectivity index (χ0v) is 6.52. The van der Waals surface area contributed by atoms with E-state index in [0.717, 1.165) is 0 Å². The lowest BCUT2D eigenvalue weighted by molar-refractivity contribution is 0.111. The lowest BCUT2D eigenvalue weighted by Crippen LogP contribution is -2.08. The minimum atomic E-state index is -0.339. The zero-order chi connectivity index (χ0) is 9.26. The molecule has 13 heavy (non-hydrogen) atoms. The molecule has 0 bridgehead atoms. The number of rotatable bonds is 1. The lowest BCUT2D eigenvalue weighted by Gasteiger charge is -1.94. The van der Waals surface area contributed by atoms with Crippen LogP contribution in [0.15, 0.2) is 23.3 Å². The summed E-state index contributed by atoms with van der Waals surface area (Å²) >= 11 is 0. The molecule has 0 aliphatic carbocycles. The second-order valence-corrected chi connectivity index (χ2v) is 2.45. The molecule has 1 N–H and O–H groups in total. The first-order valence-corrected chi connectivity index (χ1v) is 3.61. The van der Waals surface area contributed by atoms with Crippen molar-refractivity contribution in [3.8, 4) is 0 Å². The van der Waals surface area contributed by atoms with E-state index in [1.807, 2.05) is 0 Å². The van der Waals surface area contributed by atoms with E-state index in [1.165, 1.54) is 12.4 Å². The molecule has 2 heterocycles. The molecule has 0 amide bonds. The van der Waals surface area contributed by atoms with Gasteiger partial charge < -0.3 is 4.98 Å². The standard InChI is InChI=1S/C8H5N3O2/c12-3-5-1-2-6-7(11-5)8(13)10-4-9-6/h1-4H,(H,9,10,13). The highest BCUT2D eigenvalue weighted by molar-refractivity contribution is 5.79. The van der Waals surface area contributed by atoms with Crippen LogP contribution >= 0.6 is 0 Å². The van der Waals surface area contributed by atoms with Crippen molar-refractivity contribution in [1.82, 2.24) is 15.0 Å². The van der Waals surface area contributed by atoms with Crippen LogP contribution in [0.5, 0.6) is 0 Å². The van der Waals surface area contributed by atoms with Crippen molar-refractivity contribution in [2.45, 2.75) is 0 Å². The monoisotopic (exact) mass is 175 g/mol. The molecule has 0 aromatic carbocycles. The Morgan fingerprint density at radius 3 is 3.00 bits per heavy atom. The van der Waals surface area contributed by atoms with Gasteiger partial charge in [0.2, 0.25) is 0 Å². The van der Waals surface area contributed by atoms with Gasteiger partial charge in [0.25, 0.3) is 5.56 Å². The first-order chi connectivity index (χ1) is 6.31. The molecule has 5 nitrogen and oxygen atoms in total. The van der Waals surface area contributed by atoms with Crippen LogP contribution in [-0.4, -0.2) is 21.2 Å². The number of pyridine rings is 1. The Bertz CT molecular complexity index is 518. The van der Waals surface area contributed by atoms with Crippen LogP contribution in [0.1, 0.15) is 10.5 Å². The maximum absolute atomic E-state index is 11.2. The van der Waals surface area contributed by atoms with Gasteiger partial charge in [0.1, 0.15) is 5.69 Å². The quantitative estimate of drug-likeness (QED) is 0.625. The minimum Gasteiger partial charge on any atom is -0.311 e. The molecule has 0 unspecified atom stereocenters. The number of hydrogen-bond acceptors (Lipinski definition) is 4. The molecular weight excluding hydrogens is 170 g/mol. The maximum Gasteiger partial charge on any atom is 0.277 e. The van der Waals surface area contributed by atoms with Gasteiger partial charge in [-0.2, -0.15) is 0 Å². The van der Waals surface area contributed by atoms with E-state index in [2.05, 4.69) is 15.0 Å². The third-order valence-electron chi connectivity index (χ3n) is 1.63. The van der Waals surface area contributed by atoms with Crippen LogP contribution in [0.25, 0.3) is 11.0 Å². The SMILES string of the molecule is O=Cc1ccc2nc[nH]c(=O)c2n1. The number of hydrogen-bond donors (Lipinski definition) is 1. The molecule has 64 valence electrons. The topological polar surface area (TPSA) is 75.7 Å². The molecule has 0 spiro atoms. The molecule has 5 heteroatoms. The van der Waals surface area contributed by atoms with E-state index in [9.17, 15) is 9.59 Å². The predicted octanol–water partition coefficient (Wildman–Crippen LogP) is 0.131. The number of nitrogens with zero attached hydrogens (tertiary/aromatic N) is 2. The van der Waals surface area contributed by atoms with E-state index in [0.29, 0.717) is 11.8 Å². The first kappa shape index (κ1) is 7.60. The van der Waals surface area contributed by atoms with E-state index in [1.54, 1.807) is 6.07 Å². The Morgan fingerprint density at radius 1 is 1.38 bits per heavy atom. The summed E-state index contributed by atoms with van der Waals surface area (Å²) in [5.41, 5.74) is 0.557. The van der Waals surface area contributed by atoms with Crippen LogP contribution < -0.4 is 5.56 Å². The van der Waals surface area contributed by atoms with Crippen molar-refractivity contribution in [3.05, 3.63) is 34.5 Å². The highest BCUT2D eigenvalue weighted by atomic mass is 16.1. The number of fused-ring (bicyclic) bond motifs is 1. The molecule has 0 aliphatic heterocycles. The fourth-order valence-electron chi connectivity index (χ4n) is 1.03. The second-order valence-electron chi connectivity index (χ2n) is 2.45. The van der Waals surface area contributed by atoms with Crippen molar-refractivity contribution in [3.63, 3.8) is 0 Å². The van der Waals surface area contributed by atoms with Gasteiger partial charge in [-0.15, -0.1) is 0 Å². The summed E-state index contributed by atoms with van der Waals surface area (Å²) in [6.45, 7) is 0. The number of carbonyl (C=O) groups is 1. The number of H-pyrrole nitrogens is 1. The second kappa shape index (κ2) is 2.78. The summed E-state index contributed by atoms with van der Waals surface area (Å²) in [5.74, 6) is 0. The van der Waals surface area contributed by atoms with Gasteiger partial charge in [-0.05, 0) is 12.1 Å². The van der Waals surface area contributed by atoms with Crippen molar-refractivity contribution in [2.24, 2.45) is 0 Å². The number of aldehydes is 1. The summed E-state index contributed by atoms with van der Waals surface area (Å²) in [4.78, 5) is 31.6. The summed E-state index contributed by atoms with van der Waals surface area (Å²) in [6.07, 6.45) is 1.89. The number of nitrogens with one attached hydrogen (secondary N) is 1. The maximum atomic E-state index is 11.2. The van der Waals surface area contributed by atoms with Crippen LogP contribution in [0.3, 0.4) is 0 Å². The highest BCUT2D eigenvalue weighted by Crippen LogP contribution is 2.02. The normalized spacial score (nSPS) is 10.2. The van der Waals surface area contributed by atoms with Gasteiger partial charge in [0.15, 0.2) is 11.8 Å².